The molecule has 1 aliphatic heterocycles. The van der Waals surface area contributed by atoms with Gasteiger partial charge in [-0.3, -0.25) is 4.99 Å². The molecule has 2 heterocycles. The zero-order chi connectivity index (χ0) is 15.6. The van der Waals surface area contributed by atoms with Crippen LogP contribution in [0.5, 0.6) is 0 Å². The van der Waals surface area contributed by atoms with E-state index in [1.54, 1.807) is 12.4 Å². The van der Waals surface area contributed by atoms with Crippen molar-refractivity contribution in [2.45, 2.75) is 13.3 Å². The molecule has 7 heteroatoms. The average molecular weight is 306 g/mol. The van der Waals surface area contributed by atoms with Gasteiger partial charge in [0.05, 0.1) is 0 Å². The smallest absolute Gasteiger partial charge is 0.225 e. The van der Waals surface area contributed by atoms with Crippen LogP contribution in [0.25, 0.3) is 0 Å². The largest absolute Gasteiger partial charge is 0.382 e. The second kappa shape index (κ2) is 9.19. The molecular weight excluding hydrogens is 280 g/mol. The molecule has 7 nitrogen and oxygen atoms in total. The Balaban J connectivity index is 1.75. The summed E-state index contributed by atoms with van der Waals surface area (Å²) in [5.41, 5.74) is 0. The zero-order valence-corrected chi connectivity index (χ0v) is 13.5. The topological polar surface area (TPSA) is 65.9 Å². The fourth-order valence-electron chi connectivity index (χ4n) is 2.42. The monoisotopic (exact) mass is 306 g/mol. The molecule has 1 aromatic rings. The minimum absolute atomic E-state index is 0.776. The molecule has 2 rings (SSSR count). The van der Waals surface area contributed by atoms with E-state index in [0.29, 0.717) is 0 Å². The standard InChI is InChI=1S/C15H26N6O/c1-3-22-13-5-8-17-14(16-2)20-9-11-21(12-10-20)15-18-6-4-7-19-15/h4,6-7H,3,5,8-13H2,1-2H3,(H,16,17). The van der Waals surface area contributed by atoms with Gasteiger partial charge in [0.2, 0.25) is 5.95 Å². The molecule has 0 atom stereocenters. The van der Waals surface area contributed by atoms with Crippen LogP contribution in [0.2, 0.25) is 0 Å². The predicted octanol–water partition coefficient (Wildman–Crippen LogP) is 0.601. The summed E-state index contributed by atoms with van der Waals surface area (Å²) in [6.45, 7) is 8.12. The quantitative estimate of drug-likeness (QED) is 0.472. The highest BCUT2D eigenvalue weighted by Crippen LogP contribution is 2.09. The fourth-order valence-corrected chi connectivity index (χ4v) is 2.42. The van der Waals surface area contributed by atoms with Crippen molar-refractivity contribution in [2.24, 2.45) is 4.99 Å². The van der Waals surface area contributed by atoms with E-state index in [-0.39, 0.29) is 0 Å². The van der Waals surface area contributed by atoms with E-state index in [2.05, 4.69) is 30.1 Å². The number of rotatable bonds is 6. The SMILES string of the molecule is CCOCCCNC(=NC)N1CCN(c2ncccn2)CC1. The van der Waals surface area contributed by atoms with E-state index >= 15 is 0 Å². The lowest BCUT2D eigenvalue weighted by molar-refractivity contribution is 0.145. The number of guanidine groups is 1. The lowest BCUT2D eigenvalue weighted by Gasteiger charge is -2.36. The number of aromatic nitrogens is 2. The number of aliphatic imine (C=N–C) groups is 1. The van der Waals surface area contributed by atoms with Gasteiger partial charge in [-0.2, -0.15) is 0 Å². The number of nitrogens with one attached hydrogen (secondary N) is 1. The molecule has 1 aliphatic rings. The molecule has 22 heavy (non-hydrogen) atoms. The lowest BCUT2D eigenvalue weighted by atomic mass is 10.3. The molecular formula is C15H26N6O. The summed E-state index contributed by atoms with van der Waals surface area (Å²) in [6.07, 6.45) is 4.56. The maximum absolute atomic E-state index is 5.34. The third kappa shape index (κ3) is 4.84. The Labute approximate surface area is 132 Å². The molecule has 1 fully saturated rings. The molecule has 0 spiro atoms. The van der Waals surface area contributed by atoms with Crippen LogP contribution >= 0.6 is 0 Å². The Kier molecular flexibility index (Phi) is 6.89. The Morgan fingerprint density at radius 1 is 1.27 bits per heavy atom. The number of ether oxygens (including phenoxy) is 1. The normalized spacial score (nSPS) is 16.0. The van der Waals surface area contributed by atoms with Gasteiger partial charge in [0.1, 0.15) is 0 Å². The molecule has 1 N–H and O–H groups in total. The second-order valence-electron chi connectivity index (χ2n) is 5.05. The Bertz CT molecular complexity index is 445. The number of anilines is 1. The summed E-state index contributed by atoms with van der Waals surface area (Å²) in [7, 11) is 1.83. The number of piperazine rings is 1. The molecule has 0 aliphatic carbocycles. The zero-order valence-electron chi connectivity index (χ0n) is 13.5. The molecule has 0 radical (unpaired) electrons. The minimum Gasteiger partial charge on any atom is -0.382 e. The van der Waals surface area contributed by atoms with E-state index in [4.69, 9.17) is 4.74 Å². The van der Waals surface area contributed by atoms with E-state index in [0.717, 1.165) is 64.3 Å². The van der Waals surface area contributed by atoms with Crippen molar-refractivity contribution in [1.82, 2.24) is 20.2 Å². The fraction of sp³-hybridized carbons (Fsp3) is 0.667. The molecule has 1 saturated heterocycles. The Hall–Kier alpha value is -1.89. The highest BCUT2D eigenvalue weighted by molar-refractivity contribution is 5.80. The van der Waals surface area contributed by atoms with Crippen molar-refractivity contribution in [1.29, 1.82) is 0 Å². The predicted molar refractivity (Wildman–Crippen MR) is 88.3 cm³/mol. The molecule has 0 amide bonds. The van der Waals surface area contributed by atoms with E-state index < -0.39 is 0 Å². The number of nitrogens with zero attached hydrogens (tertiary/aromatic N) is 5. The molecule has 0 unspecified atom stereocenters. The van der Waals surface area contributed by atoms with Crippen LogP contribution in [0, 0.1) is 0 Å². The van der Waals surface area contributed by atoms with Crippen LogP contribution in [0.15, 0.2) is 23.5 Å². The average Bonchev–Trinajstić information content (AvgIpc) is 2.59. The van der Waals surface area contributed by atoms with Crippen LogP contribution < -0.4 is 10.2 Å². The van der Waals surface area contributed by atoms with Crippen molar-refractivity contribution in [3.63, 3.8) is 0 Å². The summed E-state index contributed by atoms with van der Waals surface area (Å²) in [6, 6.07) is 1.84. The van der Waals surface area contributed by atoms with Crippen molar-refractivity contribution < 1.29 is 4.74 Å². The van der Waals surface area contributed by atoms with Gasteiger partial charge in [-0.05, 0) is 19.4 Å². The number of hydrogen-bond donors (Lipinski definition) is 1. The Morgan fingerprint density at radius 3 is 2.64 bits per heavy atom. The van der Waals surface area contributed by atoms with E-state index in [1.165, 1.54) is 0 Å². The molecule has 122 valence electrons. The van der Waals surface area contributed by atoms with Crippen molar-refractivity contribution in [3.8, 4) is 0 Å². The summed E-state index contributed by atoms with van der Waals surface area (Å²) < 4.78 is 5.34. The Morgan fingerprint density at radius 2 is 2.00 bits per heavy atom. The van der Waals surface area contributed by atoms with Crippen molar-refractivity contribution in [2.75, 3.05) is 57.9 Å². The van der Waals surface area contributed by atoms with Gasteiger partial charge in [-0.1, -0.05) is 0 Å². The second-order valence-corrected chi connectivity index (χ2v) is 5.05. The summed E-state index contributed by atoms with van der Waals surface area (Å²) >= 11 is 0. The number of hydrogen-bond acceptors (Lipinski definition) is 5. The highest BCUT2D eigenvalue weighted by Gasteiger charge is 2.20. The molecule has 0 bridgehead atoms. The van der Waals surface area contributed by atoms with Crippen LogP contribution in [0.3, 0.4) is 0 Å². The first kappa shape index (κ1) is 16.5. The van der Waals surface area contributed by atoms with Crippen LogP contribution in [0.4, 0.5) is 5.95 Å². The molecule has 1 aromatic heterocycles. The molecule has 0 saturated carbocycles. The van der Waals surface area contributed by atoms with Gasteiger partial charge in [0, 0.05) is 65.4 Å². The van der Waals surface area contributed by atoms with Crippen LogP contribution in [-0.2, 0) is 4.74 Å². The summed E-state index contributed by atoms with van der Waals surface area (Å²) in [5, 5.41) is 3.40. The van der Waals surface area contributed by atoms with Crippen molar-refractivity contribution >= 4 is 11.9 Å². The van der Waals surface area contributed by atoms with Gasteiger partial charge >= 0.3 is 0 Å². The first-order valence-corrected chi connectivity index (χ1v) is 7.90. The molecule has 0 aromatic carbocycles. The van der Waals surface area contributed by atoms with E-state index in [9.17, 15) is 0 Å². The summed E-state index contributed by atoms with van der Waals surface area (Å²) in [4.78, 5) is 17.5. The maximum Gasteiger partial charge on any atom is 0.225 e. The van der Waals surface area contributed by atoms with Gasteiger partial charge in [-0.15, -0.1) is 0 Å². The van der Waals surface area contributed by atoms with Gasteiger partial charge in [-0.25, -0.2) is 9.97 Å². The van der Waals surface area contributed by atoms with Gasteiger partial charge in [0.15, 0.2) is 5.96 Å². The lowest BCUT2D eigenvalue weighted by Crippen LogP contribution is -2.53. The minimum atomic E-state index is 0.776. The van der Waals surface area contributed by atoms with E-state index in [1.807, 2.05) is 20.0 Å². The van der Waals surface area contributed by atoms with Gasteiger partial charge < -0.3 is 19.9 Å². The first-order valence-electron chi connectivity index (χ1n) is 7.90. The van der Waals surface area contributed by atoms with Crippen LogP contribution in [-0.4, -0.2) is 73.8 Å². The van der Waals surface area contributed by atoms with Gasteiger partial charge in [0.25, 0.3) is 0 Å². The highest BCUT2D eigenvalue weighted by atomic mass is 16.5. The van der Waals surface area contributed by atoms with Crippen LogP contribution in [0.1, 0.15) is 13.3 Å². The van der Waals surface area contributed by atoms with Crippen molar-refractivity contribution in [3.05, 3.63) is 18.5 Å². The first-order chi connectivity index (χ1) is 10.8. The third-order valence-corrected chi connectivity index (χ3v) is 3.58. The maximum atomic E-state index is 5.34. The summed E-state index contributed by atoms with van der Waals surface area (Å²) in [5.74, 6) is 1.77. The third-order valence-electron chi connectivity index (χ3n) is 3.58.